The summed E-state index contributed by atoms with van der Waals surface area (Å²) in [5.41, 5.74) is 0.235. The van der Waals surface area contributed by atoms with Crippen molar-refractivity contribution >= 4 is 5.91 Å². The molecule has 16 heavy (non-hydrogen) atoms. The molecule has 1 rings (SSSR count). The van der Waals surface area contributed by atoms with Gasteiger partial charge in [-0.05, 0) is 12.5 Å². The Balaban J connectivity index is 2.91. The predicted octanol–water partition coefficient (Wildman–Crippen LogP) is 1.27. The van der Waals surface area contributed by atoms with E-state index in [2.05, 4.69) is 10.9 Å². The molecule has 1 amide bonds. The molecule has 0 atom stereocenters. The Labute approximate surface area is 94.9 Å². The van der Waals surface area contributed by atoms with Gasteiger partial charge >= 0.3 is 0 Å². The highest BCUT2D eigenvalue weighted by Gasteiger charge is 2.17. The van der Waals surface area contributed by atoms with Gasteiger partial charge in [0.25, 0.3) is 5.91 Å². The quantitative estimate of drug-likeness (QED) is 0.774. The number of terminal acetylenes is 1. The maximum atomic E-state index is 12.0. The van der Waals surface area contributed by atoms with Gasteiger partial charge in [0, 0.05) is 12.7 Å². The number of pyridine rings is 1. The third-order valence-corrected chi connectivity index (χ3v) is 2.09. The van der Waals surface area contributed by atoms with E-state index in [1.807, 2.05) is 6.92 Å². The maximum absolute atomic E-state index is 12.0. The van der Waals surface area contributed by atoms with Gasteiger partial charge in [0.15, 0.2) is 0 Å². The minimum Gasteiger partial charge on any atom is -0.505 e. The fourth-order valence-electron chi connectivity index (χ4n) is 1.37. The summed E-state index contributed by atoms with van der Waals surface area (Å²) in [6.07, 6.45) is 8.72. The fourth-order valence-corrected chi connectivity index (χ4v) is 1.37. The first-order valence-electron chi connectivity index (χ1n) is 5.06. The van der Waals surface area contributed by atoms with Crippen LogP contribution in [-0.4, -0.2) is 34.0 Å². The lowest BCUT2D eigenvalue weighted by Crippen LogP contribution is -2.32. The third kappa shape index (κ3) is 2.74. The number of aromatic hydroxyl groups is 1. The van der Waals surface area contributed by atoms with Gasteiger partial charge in [0.05, 0.1) is 18.3 Å². The number of carbonyl (C=O) groups excluding carboxylic acids is 1. The number of hydrogen-bond acceptors (Lipinski definition) is 3. The lowest BCUT2D eigenvalue weighted by Gasteiger charge is -2.19. The fraction of sp³-hybridized carbons (Fsp3) is 0.333. The van der Waals surface area contributed by atoms with Crippen LogP contribution in [0, 0.1) is 12.3 Å². The molecule has 0 fully saturated rings. The smallest absolute Gasteiger partial charge is 0.258 e. The number of aromatic nitrogens is 1. The number of rotatable bonds is 4. The molecule has 0 aliphatic carbocycles. The first-order chi connectivity index (χ1) is 7.70. The summed E-state index contributed by atoms with van der Waals surface area (Å²) in [5, 5.41) is 9.50. The van der Waals surface area contributed by atoms with E-state index in [1.54, 1.807) is 0 Å². The van der Waals surface area contributed by atoms with Crippen molar-refractivity contribution in [3.63, 3.8) is 0 Å². The van der Waals surface area contributed by atoms with Crippen molar-refractivity contribution in [2.75, 3.05) is 13.1 Å². The van der Waals surface area contributed by atoms with E-state index >= 15 is 0 Å². The molecule has 4 nitrogen and oxygen atoms in total. The molecule has 0 saturated heterocycles. The highest BCUT2D eigenvalue weighted by molar-refractivity contribution is 5.96. The maximum Gasteiger partial charge on any atom is 0.258 e. The van der Waals surface area contributed by atoms with E-state index < -0.39 is 0 Å². The van der Waals surface area contributed by atoms with Crippen molar-refractivity contribution in [1.82, 2.24) is 9.88 Å². The Bertz CT molecular complexity index is 410. The monoisotopic (exact) mass is 218 g/mol. The van der Waals surface area contributed by atoms with Crippen molar-refractivity contribution in [3.8, 4) is 18.1 Å². The summed E-state index contributed by atoms with van der Waals surface area (Å²) in [6.45, 7) is 2.78. The lowest BCUT2D eigenvalue weighted by molar-refractivity contribution is 0.0773. The zero-order valence-corrected chi connectivity index (χ0v) is 9.18. The van der Waals surface area contributed by atoms with E-state index in [9.17, 15) is 9.90 Å². The van der Waals surface area contributed by atoms with Crippen LogP contribution in [-0.2, 0) is 0 Å². The number of carbonyl (C=O) groups is 1. The topological polar surface area (TPSA) is 53.4 Å². The highest BCUT2D eigenvalue weighted by atomic mass is 16.3. The highest BCUT2D eigenvalue weighted by Crippen LogP contribution is 2.16. The van der Waals surface area contributed by atoms with Crippen LogP contribution in [0.3, 0.4) is 0 Å². The normalized spacial score (nSPS) is 9.50. The molecule has 84 valence electrons. The van der Waals surface area contributed by atoms with Gasteiger partial charge < -0.3 is 10.0 Å². The van der Waals surface area contributed by atoms with E-state index in [1.165, 1.54) is 23.4 Å². The van der Waals surface area contributed by atoms with Crippen molar-refractivity contribution in [2.24, 2.45) is 0 Å². The van der Waals surface area contributed by atoms with Crippen molar-refractivity contribution < 1.29 is 9.90 Å². The summed E-state index contributed by atoms with van der Waals surface area (Å²) in [4.78, 5) is 17.2. The molecule has 0 aromatic carbocycles. The molecule has 4 heteroatoms. The summed E-state index contributed by atoms with van der Waals surface area (Å²) in [6, 6.07) is 1.48. The van der Waals surface area contributed by atoms with Crippen LogP contribution in [0.25, 0.3) is 0 Å². The van der Waals surface area contributed by atoms with Gasteiger partial charge in [-0.15, -0.1) is 6.42 Å². The van der Waals surface area contributed by atoms with Crippen LogP contribution >= 0.6 is 0 Å². The first-order valence-corrected chi connectivity index (χ1v) is 5.06. The molecule has 1 aromatic rings. The minimum atomic E-state index is -0.264. The first kappa shape index (κ1) is 12.1. The van der Waals surface area contributed by atoms with Crippen molar-refractivity contribution in [2.45, 2.75) is 13.3 Å². The molecule has 0 saturated carbocycles. The standard InChI is InChI=1S/C12H14N2O2/c1-3-7-14(8-4-2)12(16)10-5-6-13-9-11(10)15/h1,5-6,9,15H,4,7-8H2,2H3. The largest absolute Gasteiger partial charge is 0.505 e. The molecule has 1 heterocycles. The van der Waals surface area contributed by atoms with E-state index in [0.29, 0.717) is 6.54 Å². The van der Waals surface area contributed by atoms with Gasteiger partial charge in [-0.25, -0.2) is 0 Å². The minimum absolute atomic E-state index is 0.120. The second-order valence-electron chi connectivity index (χ2n) is 3.32. The van der Waals surface area contributed by atoms with Crippen LogP contribution < -0.4 is 0 Å². The number of nitrogens with zero attached hydrogens (tertiary/aromatic N) is 2. The molecule has 0 radical (unpaired) electrons. The Morgan fingerprint density at radius 1 is 1.69 bits per heavy atom. The molecule has 0 unspecified atom stereocenters. The Kier molecular flexibility index (Phi) is 4.34. The van der Waals surface area contributed by atoms with Crippen LogP contribution in [0.1, 0.15) is 23.7 Å². The molecular formula is C12H14N2O2. The second-order valence-corrected chi connectivity index (χ2v) is 3.32. The van der Waals surface area contributed by atoms with Gasteiger partial charge in [0.2, 0.25) is 0 Å². The van der Waals surface area contributed by atoms with Crippen LogP contribution in [0.5, 0.6) is 5.75 Å². The molecular weight excluding hydrogens is 204 g/mol. The molecule has 1 N–H and O–H groups in total. The Morgan fingerprint density at radius 3 is 3.00 bits per heavy atom. The van der Waals surface area contributed by atoms with E-state index in [0.717, 1.165) is 6.42 Å². The van der Waals surface area contributed by atoms with Gasteiger partial charge in [-0.3, -0.25) is 9.78 Å². The lowest BCUT2D eigenvalue weighted by atomic mass is 10.2. The van der Waals surface area contributed by atoms with E-state index in [-0.39, 0.29) is 23.8 Å². The summed E-state index contributed by atoms with van der Waals surface area (Å²) < 4.78 is 0. The van der Waals surface area contributed by atoms with Gasteiger partial charge in [0.1, 0.15) is 5.75 Å². The van der Waals surface area contributed by atoms with Gasteiger partial charge in [-0.2, -0.15) is 0 Å². The third-order valence-electron chi connectivity index (χ3n) is 2.09. The molecule has 0 spiro atoms. The second kappa shape index (κ2) is 5.76. The zero-order valence-electron chi connectivity index (χ0n) is 9.18. The van der Waals surface area contributed by atoms with E-state index in [4.69, 9.17) is 6.42 Å². The van der Waals surface area contributed by atoms with Crippen molar-refractivity contribution in [1.29, 1.82) is 0 Å². The van der Waals surface area contributed by atoms with Crippen molar-refractivity contribution in [3.05, 3.63) is 24.0 Å². The number of hydrogen-bond donors (Lipinski definition) is 1. The van der Waals surface area contributed by atoms with Crippen LogP contribution in [0.2, 0.25) is 0 Å². The van der Waals surface area contributed by atoms with Gasteiger partial charge in [-0.1, -0.05) is 12.8 Å². The van der Waals surface area contributed by atoms with Crippen LogP contribution in [0.4, 0.5) is 0 Å². The summed E-state index contributed by atoms with van der Waals surface area (Å²) in [5.74, 6) is 2.05. The Hall–Kier alpha value is -2.02. The van der Waals surface area contributed by atoms with Crippen LogP contribution in [0.15, 0.2) is 18.5 Å². The zero-order chi connectivity index (χ0) is 12.0. The SMILES string of the molecule is C#CCN(CCC)C(=O)c1ccncc1O. The average Bonchev–Trinajstić information content (AvgIpc) is 2.28. The average molecular weight is 218 g/mol. The molecule has 0 aliphatic heterocycles. The predicted molar refractivity (Wildman–Crippen MR) is 60.9 cm³/mol. The Morgan fingerprint density at radius 2 is 2.44 bits per heavy atom. The summed E-state index contributed by atoms with van der Waals surface area (Å²) >= 11 is 0. The number of amides is 1. The molecule has 0 bridgehead atoms. The summed E-state index contributed by atoms with van der Waals surface area (Å²) in [7, 11) is 0. The molecule has 1 aromatic heterocycles. The molecule has 0 aliphatic rings.